The van der Waals surface area contributed by atoms with Crippen molar-refractivity contribution in [1.82, 2.24) is 15.0 Å². The van der Waals surface area contributed by atoms with E-state index in [0.717, 1.165) is 10.8 Å². The van der Waals surface area contributed by atoms with Crippen LogP contribution in [0.5, 0.6) is 0 Å². The summed E-state index contributed by atoms with van der Waals surface area (Å²) < 4.78 is 5.25. The number of anilines is 1. The number of likely N-dealkylation sites (tertiary alicyclic amines) is 1. The molecule has 3 heterocycles. The van der Waals surface area contributed by atoms with Crippen molar-refractivity contribution in [2.24, 2.45) is 0 Å². The van der Waals surface area contributed by atoms with Crippen LogP contribution in [0.1, 0.15) is 37.4 Å². The number of amides is 2. The molecule has 1 aliphatic rings. The highest BCUT2D eigenvalue weighted by Crippen LogP contribution is 2.27. The smallest absolute Gasteiger partial charge is 0.322 e. The maximum Gasteiger partial charge on any atom is 0.322 e. The number of nitrogens with one attached hydrogen (secondary N) is 1. The highest BCUT2D eigenvalue weighted by atomic mass is 32.1. The first-order valence-electron chi connectivity index (χ1n) is 6.56. The minimum Gasteiger partial charge on any atom is -0.339 e. The number of carbonyl (C=O) groups is 1. The van der Waals surface area contributed by atoms with E-state index in [2.05, 4.69) is 15.5 Å². The van der Waals surface area contributed by atoms with Crippen LogP contribution < -0.4 is 5.32 Å². The van der Waals surface area contributed by atoms with Gasteiger partial charge >= 0.3 is 6.03 Å². The van der Waals surface area contributed by atoms with Crippen LogP contribution in [0.3, 0.4) is 0 Å². The summed E-state index contributed by atoms with van der Waals surface area (Å²) in [5, 5.41) is 9.59. The molecule has 2 amide bonds. The summed E-state index contributed by atoms with van der Waals surface area (Å²) in [7, 11) is 0. The molecular formula is C13H16N4O2S. The van der Waals surface area contributed by atoms with E-state index < -0.39 is 0 Å². The number of nitrogens with zero attached hydrogens (tertiary/aromatic N) is 3. The van der Waals surface area contributed by atoms with Gasteiger partial charge in [0.1, 0.15) is 0 Å². The first-order chi connectivity index (χ1) is 9.63. The predicted octanol–water partition coefficient (Wildman–Crippen LogP) is 2.89. The lowest BCUT2D eigenvalue weighted by Crippen LogP contribution is -2.50. The Labute approximate surface area is 120 Å². The summed E-state index contributed by atoms with van der Waals surface area (Å²) in [6.07, 6.45) is 0. The normalized spacial score (nSPS) is 15.4. The summed E-state index contributed by atoms with van der Waals surface area (Å²) in [6, 6.07) is 3.71. The van der Waals surface area contributed by atoms with Gasteiger partial charge in [0, 0.05) is 19.0 Å². The van der Waals surface area contributed by atoms with E-state index in [9.17, 15) is 4.79 Å². The van der Waals surface area contributed by atoms with Crippen molar-refractivity contribution in [3.63, 3.8) is 0 Å². The van der Waals surface area contributed by atoms with Gasteiger partial charge in [-0.25, -0.2) is 4.79 Å². The molecule has 6 nitrogen and oxygen atoms in total. The minimum atomic E-state index is -0.0766. The number of hydrogen-bond donors (Lipinski definition) is 1. The molecule has 1 N–H and O–H groups in total. The average Bonchev–Trinajstić information content (AvgIpc) is 2.97. The molecule has 2 aromatic rings. The van der Waals surface area contributed by atoms with E-state index >= 15 is 0 Å². The second kappa shape index (κ2) is 5.24. The second-order valence-corrected chi connectivity index (χ2v) is 6.10. The molecule has 0 spiro atoms. The zero-order valence-electron chi connectivity index (χ0n) is 11.4. The van der Waals surface area contributed by atoms with Gasteiger partial charge in [0.25, 0.3) is 0 Å². The SMILES string of the molecule is CC(C)c1noc(C2CN(C(=O)Nc3cccs3)C2)n1. The number of hydrogen-bond acceptors (Lipinski definition) is 5. The molecule has 0 atom stereocenters. The first kappa shape index (κ1) is 13.1. The van der Waals surface area contributed by atoms with Crippen LogP contribution in [0.4, 0.5) is 9.80 Å². The van der Waals surface area contributed by atoms with E-state index in [1.165, 1.54) is 11.3 Å². The number of urea groups is 1. The van der Waals surface area contributed by atoms with Gasteiger partial charge in [-0.15, -0.1) is 11.3 Å². The fourth-order valence-electron chi connectivity index (χ4n) is 1.98. The number of carbonyl (C=O) groups excluding carboxylic acids is 1. The Hall–Kier alpha value is -1.89. The van der Waals surface area contributed by atoms with Gasteiger partial charge in [-0.1, -0.05) is 19.0 Å². The Bertz CT molecular complexity index is 587. The highest BCUT2D eigenvalue weighted by molar-refractivity contribution is 7.14. The van der Waals surface area contributed by atoms with Gasteiger partial charge in [0.05, 0.1) is 10.9 Å². The van der Waals surface area contributed by atoms with Crippen molar-refractivity contribution in [2.75, 3.05) is 18.4 Å². The van der Waals surface area contributed by atoms with Crippen LogP contribution in [0.25, 0.3) is 0 Å². The molecular weight excluding hydrogens is 276 g/mol. The van der Waals surface area contributed by atoms with Gasteiger partial charge in [-0.3, -0.25) is 5.32 Å². The molecule has 0 unspecified atom stereocenters. The summed E-state index contributed by atoms with van der Waals surface area (Å²) in [4.78, 5) is 18.0. The van der Waals surface area contributed by atoms with E-state index in [4.69, 9.17) is 4.52 Å². The lowest BCUT2D eigenvalue weighted by molar-refractivity contribution is 0.147. The molecule has 1 saturated heterocycles. The maximum atomic E-state index is 11.9. The molecule has 0 radical (unpaired) electrons. The zero-order chi connectivity index (χ0) is 14.1. The van der Waals surface area contributed by atoms with Crippen molar-refractivity contribution in [2.45, 2.75) is 25.7 Å². The Morgan fingerprint density at radius 1 is 1.55 bits per heavy atom. The van der Waals surface area contributed by atoms with Crippen molar-refractivity contribution < 1.29 is 9.32 Å². The molecule has 0 bridgehead atoms. The molecule has 0 aromatic carbocycles. The fourth-order valence-corrected chi connectivity index (χ4v) is 2.59. The standard InChI is InChI=1S/C13H16N4O2S/c1-8(2)11-15-12(19-16-11)9-6-17(7-9)13(18)14-10-4-3-5-20-10/h3-5,8-9H,6-7H2,1-2H3,(H,14,18). The molecule has 1 aliphatic heterocycles. The minimum absolute atomic E-state index is 0.0766. The van der Waals surface area contributed by atoms with Crippen LogP contribution in [-0.2, 0) is 0 Å². The Kier molecular flexibility index (Phi) is 3.43. The number of rotatable bonds is 3. The molecule has 0 aliphatic carbocycles. The quantitative estimate of drug-likeness (QED) is 0.944. The predicted molar refractivity (Wildman–Crippen MR) is 76.0 cm³/mol. The van der Waals surface area contributed by atoms with Crippen LogP contribution >= 0.6 is 11.3 Å². The molecule has 20 heavy (non-hydrogen) atoms. The van der Waals surface area contributed by atoms with Crippen molar-refractivity contribution >= 4 is 22.4 Å². The van der Waals surface area contributed by atoms with E-state index in [1.807, 2.05) is 31.4 Å². The van der Waals surface area contributed by atoms with Gasteiger partial charge in [-0.05, 0) is 17.5 Å². The summed E-state index contributed by atoms with van der Waals surface area (Å²) >= 11 is 1.51. The molecule has 106 valence electrons. The molecule has 2 aromatic heterocycles. The Morgan fingerprint density at radius 3 is 2.95 bits per heavy atom. The second-order valence-electron chi connectivity index (χ2n) is 5.15. The Morgan fingerprint density at radius 2 is 2.35 bits per heavy atom. The lowest BCUT2D eigenvalue weighted by Gasteiger charge is -2.36. The third-order valence-electron chi connectivity index (χ3n) is 3.24. The van der Waals surface area contributed by atoms with E-state index in [0.29, 0.717) is 19.0 Å². The zero-order valence-corrected chi connectivity index (χ0v) is 12.2. The summed E-state index contributed by atoms with van der Waals surface area (Å²) in [5.41, 5.74) is 0. The van der Waals surface area contributed by atoms with Crippen molar-refractivity contribution in [1.29, 1.82) is 0 Å². The summed E-state index contributed by atoms with van der Waals surface area (Å²) in [5.74, 6) is 1.77. The monoisotopic (exact) mass is 292 g/mol. The van der Waals surface area contributed by atoms with Gasteiger partial charge in [-0.2, -0.15) is 4.98 Å². The summed E-state index contributed by atoms with van der Waals surface area (Å²) in [6.45, 7) is 5.29. The van der Waals surface area contributed by atoms with E-state index in [-0.39, 0.29) is 17.9 Å². The van der Waals surface area contributed by atoms with E-state index in [1.54, 1.807) is 4.90 Å². The first-order valence-corrected chi connectivity index (χ1v) is 7.44. The van der Waals surface area contributed by atoms with Gasteiger partial charge in [0.15, 0.2) is 5.82 Å². The van der Waals surface area contributed by atoms with Crippen LogP contribution in [-0.4, -0.2) is 34.2 Å². The largest absolute Gasteiger partial charge is 0.339 e. The average molecular weight is 292 g/mol. The van der Waals surface area contributed by atoms with Gasteiger partial charge < -0.3 is 9.42 Å². The van der Waals surface area contributed by atoms with Crippen LogP contribution in [0.15, 0.2) is 22.0 Å². The molecule has 0 saturated carbocycles. The van der Waals surface area contributed by atoms with Crippen molar-refractivity contribution in [3.05, 3.63) is 29.2 Å². The molecule has 3 rings (SSSR count). The third kappa shape index (κ3) is 2.53. The lowest BCUT2D eigenvalue weighted by atomic mass is 10.0. The molecule has 1 fully saturated rings. The molecule has 7 heteroatoms. The van der Waals surface area contributed by atoms with Crippen LogP contribution in [0, 0.1) is 0 Å². The highest BCUT2D eigenvalue weighted by Gasteiger charge is 2.35. The topological polar surface area (TPSA) is 71.3 Å². The maximum absolute atomic E-state index is 11.9. The third-order valence-corrected chi connectivity index (χ3v) is 4.03. The number of aromatic nitrogens is 2. The Balaban J connectivity index is 1.54. The van der Waals surface area contributed by atoms with Crippen LogP contribution in [0.2, 0.25) is 0 Å². The fraction of sp³-hybridized carbons (Fsp3) is 0.462. The number of thiophene rings is 1. The van der Waals surface area contributed by atoms with Crippen molar-refractivity contribution in [3.8, 4) is 0 Å². The van der Waals surface area contributed by atoms with Gasteiger partial charge in [0.2, 0.25) is 5.89 Å².